The minimum absolute atomic E-state index is 0.190. The average molecular weight is 164 g/mol. The number of nitrogens with zero attached hydrogens (tertiary/aromatic N) is 2. The maximum absolute atomic E-state index is 10.6. The van der Waals surface area contributed by atoms with Crippen molar-refractivity contribution in [1.29, 1.82) is 0 Å². The highest BCUT2D eigenvalue weighted by molar-refractivity contribution is 5.85. The summed E-state index contributed by atoms with van der Waals surface area (Å²) in [6.45, 7) is 0. The van der Waals surface area contributed by atoms with Crippen LogP contribution in [0.2, 0.25) is 0 Å². The molecule has 0 saturated heterocycles. The average Bonchev–Trinajstić information content (AvgIpc) is 2.54. The number of aromatic carboxylic acids is 1. The van der Waals surface area contributed by atoms with Gasteiger partial charge in [0, 0.05) is 5.69 Å². The monoisotopic (exact) mass is 164 g/mol. The molecule has 0 spiro atoms. The molecule has 3 rings (SSSR count). The van der Waals surface area contributed by atoms with Crippen LogP contribution in [0.25, 0.3) is 0 Å². The van der Waals surface area contributed by atoms with Gasteiger partial charge in [-0.3, -0.25) is 4.68 Å². The van der Waals surface area contributed by atoms with E-state index in [-0.39, 0.29) is 5.69 Å². The fraction of sp³-hybridized carbons (Fsp3) is 0.500. The molecule has 2 heterocycles. The van der Waals surface area contributed by atoms with E-state index in [0.717, 1.165) is 18.0 Å². The van der Waals surface area contributed by atoms with Gasteiger partial charge in [-0.05, 0) is 24.8 Å². The fourth-order valence-corrected chi connectivity index (χ4v) is 2.00. The standard InChI is InChI=1S/C8H8N2O2/c11-8(12)6-3-5-1-4-2-7(4)10(5)9-6/h3-4,7H,1-2H2,(H,11,12). The molecular weight excluding hydrogens is 156 g/mol. The van der Waals surface area contributed by atoms with Crippen LogP contribution in [0, 0.1) is 5.92 Å². The van der Waals surface area contributed by atoms with Crippen LogP contribution in [-0.2, 0) is 6.42 Å². The number of fused-ring (bicyclic) bond motifs is 3. The molecule has 12 heavy (non-hydrogen) atoms. The van der Waals surface area contributed by atoms with Gasteiger partial charge < -0.3 is 5.11 Å². The lowest BCUT2D eigenvalue weighted by atomic mass is 10.2. The van der Waals surface area contributed by atoms with E-state index in [9.17, 15) is 4.79 Å². The fourth-order valence-electron chi connectivity index (χ4n) is 2.00. The Morgan fingerprint density at radius 1 is 1.75 bits per heavy atom. The van der Waals surface area contributed by atoms with Crippen molar-refractivity contribution in [2.45, 2.75) is 18.9 Å². The highest BCUT2D eigenvalue weighted by atomic mass is 16.4. The zero-order valence-electron chi connectivity index (χ0n) is 6.40. The van der Waals surface area contributed by atoms with Crippen LogP contribution in [-0.4, -0.2) is 20.9 Å². The molecular formula is C8H8N2O2. The molecule has 1 aliphatic heterocycles. The van der Waals surface area contributed by atoms with Crippen LogP contribution in [0.5, 0.6) is 0 Å². The Balaban J connectivity index is 2.08. The largest absolute Gasteiger partial charge is 0.476 e. The van der Waals surface area contributed by atoms with Gasteiger partial charge in [-0.15, -0.1) is 0 Å². The summed E-state index contributed by atoms with van der Waals surface area (Å²) < 4.78 is 1.88. The molecule has 0 amide bonds. The zero-order chi connectivity index (χ0) is 8.29. The van der Waals surface area contributed by atoms with Gasteiger partial charge in [0.15, 0.2) is 5.69 Å². The number of carboxylic acids is 1. The summed E-state index contributed by atoms with van der Waals surface area (Å²) in [5.41, 5.74) is 1.28. The van der Waals surface area contributed by atoms with Gasteiger partial charge in [0.2, 0.25) is 0 Å². The first-order valence-electron chi connectivity index (χ1n) is 4.07. The Hall–Kier alpha value is -1.32. The predicted octanol–water partition coefficient (Wildman–Crippen LogP) is 0.698. The molecule has 1 saturated carbocycles. The van der Waals surface area contributed by atoms with Crippen LogP contribution in [0.15, 0.2) is 6.07 Å². The van der Waals surface area contributed by atoms with Crippen molar-refractivity contribution in [3.8, 4) is 0 Å². The van der Waals surface area contributed by atoms with Gasteiger partial charge in [-0.2, -0.15) is 5.10 Å². The summed E-state index contributed by atoms with van der Waals surface area (Å²) in [7, 11) is 0. The third-order valence-corrected chi connectivity index (χ3v) is 2.70. The van der Waals surface area contributed by atoms with E-state index in [1.807, 2.05) is 4.68 Å². The van der Waals surface area contributed by atoms with Crippen LogP contribution < -0.4 is 0 Å². The zero-order valence-corrected chi connectivity index (χ0v) is 6.40. The Labute approximate surface area is 68.8 Å². The van der Waals surface area contributed by atoms with Crippen molar-refractivity contribution in [2.24, 2.45) is 5.92 Å². The van der Waals surface area contributed by atoms with Gasteiger partial charge in [0.1, 0.15) is 0 Å². The molecule has 2 atom stereocenters. The van der Waals surface area contributed by atoms with E-state index in [0.29, 0.717) is 6.04 Å². The van der Waals surface area contributed by atoms with Crippen molar-refractivity contribution in [3.05, 3.63) is 17.5 Å². The highest BCUT2D eigenvalue weighted by Gasteiger charge is 2.46. The van der Waals surface area contributed by atoms with E-state index in [2.05, 4.69) is 5.10 Å². The van der Waals surface area contributed by atoms with Crippen LogP contribution in [0.4, 0.5) is 0 Å². The second-order valence-electron chi connectivity index (χ2n) is 3.54. The molecule has 0 radical (unpaired) electrons. The van der Waals surface area contributed by atoms with E-state index >= 15 is 0 Å². The third kappa shape index (κ3) is 0.622. The van der Waals surface area contributed by atoms with E-state index < -0.39 is 5.97 Å². The Morgan fingerprint density at radius 3 is 3.25 bits per heavy atom. The lowest BCUT2D eigenvalue weighted by molar-refractivity contribution is 0.0689. The van der Waals surface area contributed by atoms with Crippen molar-refractivity contribution < 1.29 is 9.90 Å². The number of hydrogen-bond acceptors (Lipinski definition) is 2. The first-order chi connectivity index (χ1) is 5.75. The van der Waals surface area contributed by atoms with Crippen molar-refractivity contribution in [1.82, 2.24) is 9.78 Å². The van der Waals surface area contributed by atoms with Gasteiger partial charge in [-0.1, -0.05) is 0 Å². The Kier molecular flexibility index (Phi) is 0.885. The minimum atomic E-state index is -0.922. The van der Waals surface area contributed by atoms with E-state index in [4.69, 9.17) is 5.11 Å². The first-order valence-corrected chi connectivity index (χ1v) is 4.07. The molecule has 4 nitrogen and oxygen atoms in total. The molecule has 1 aromatic rings. The number of carboxylic acid groups (broad SMARTS) is 1. The first kappa shape index (κ1) is 6.22. The van der Waals surface area contributed by atoms with E-state index in [1.54, 1.807) is 6.07 Å². The van der Waals surface area contributed by atoms with Gasteiger partial charge in [-0.25, -0.2) is 4.79 Å². The molecule has 0 aromatic carbocycles. The maximum atomic E-state index is 10.6. The normalized spacial score (nSPS) is 29.7. The molecule has 62 valence electrons. The summed E-state index contributed by atoms with van der Waals surface area (Å²) in [6, 6.07) is 2.21. The lowest BCUT2D eigenvalue weighted by Crippen LogP contribution is -2.00. The quantitative estimate of drug-likeness (QED) is 0.664. The number of carbonyl (C=O) groups is 1. The molecule has 1 aromatic heterocycles. The molecule has 1 N–H and O–H groups in total. The number of aromatic nitrogens is 2. The summed E-state index contributed by atoms with van der Waals surface area (Å²) in [4.78, 5) is 10.6. The van der Waals surface area contributed by atoms with Gasteiger partial charge in [0.05, 0.1) is 6.04 Å². The summed E-state index contributed by atoms with van der Waals surface area (Å²) in [5, 5.41) is 12.7. The number of hydrogen-bond donors (Lipinski definition) is 1. The predicted molar refractivity (Wildman–Crippen MR) is 40.0 cm³/mol. The second kappa shape index (κ2) is 1.71. The maximum Gasteiger partial charge on any atom is 0.356 e. The molecule has 4 heteroatoms. The summed E-state index contributed by atoms with van der Waals surface area (Å²) in [6.07, 6.45) is 2.21. The van der Waals surface area contributed by atoms with E-state index in [1.165, 1.54) is 6.42 Å². The van der Waals surface area contributed by atoms with Crippen LogP contribution in [0.3, 0.4) is 0 Å². The van der Waals surface area contributed by atoms with Crippen molar-refractivity contribution in [2.75, 3.05) is 0 Å². The molecule has 2 unspecified atom stereocenters. The highest BCUT2D eigenvalue weighted by Crippen LogP contribution is 2.50. The Morgan fingerprint density at radius 2 is 2.58 bits per heavy atom. The van der Waals surface area contributed by atoms with Crippen LogP contribution in [0.1, 0.15) is 28.6 Å². The lowest BCUT2D eigenvalue weighted by Gasteiger charge is -1.94. The van der Waals surface area contributed by atoms with Crippen molar-refractivity contribution in [3.63, 3.8) is 0 Å². The number of rotatable bonds is 1. The summed E-state index contributed by atoms with van der Waals surface area (Å²) >= 11 is 0. The summed E-state index contributed by atoms with van der Waals surface area (Å²) in [5.74, 6) is -0.163. The molecule has 0 bridgehead atoms. The second-order valence-corrected chi connectivity index (χ2v) is 3.54. The molecule has 1 aliphatic carbocycles. The van der Waals surface area contributed by atoms with Crippen LogP contribution >= 0.6 is 0 Å². The molecule has 1 fully saturated rings. The minimum Gasteiger partial charge on any atom is -0.476 e. The molecule has 2 aliphatic rings. The van der Waals surface area contributed by atoms with Gasteiger partial charge >= 0.3 is 5.97 Å². The smallest absolute Gasteiger partial charge is 0.356 e. The van der Waals surface area contributed by atoms with Gasteiger partial charge in [0.25, 0.3) is 0 Å². The Bertz CT molecular complexity index is 369. The third-order valence-electron chi connectivity index (χ3n) is 2.70. The SMILES string of the molecule is O=C(O)c1cc2n(n1)C1CC1C2. The van der Waals surface area contributed by atoms with Crippen molar-refractivity contribution >= 4 is 5.97 Å². The topological polar surface area (TPSA) is 55.1 Å².